The van der Waals surface area contributed by atoms with E-state index in [1.165, 1.54) is 17.5 Å². The average Bonchev–Trinajstić information content (AvgIpc) is 3.15. The van der Waals surface area contributed by atoms with Crippen LogP contribution in [0.4, 0.5) is 0 Å². The Kier molecular flexibility index (Phi) is 4.52. The molecule has 2 aromatic rings. The molecule has 0 N–H and O–H groups in total. The first kappa shape index (κ1) is 15.2. The zero-order valence-corrected chi connectivity index (χ0v) is 13.8. The minimum absolute atomic E-state index is 0.115. The summed E-state index contributed by atoms with van der Waals surface area (Å²) in [7, 11) is 2.04. The second-order valence-electron chi connectivity index (χ2n) is 5.66. The Balaban J connectivity index is 1.72. The highest BCUT2D eigenvalue weighted by Crippen LogP contribution is 2.34. The fourth-order valence-corrected chi connectivity index (χ4v) is 3.92. The van der Waals surface area contributed by atoms with E-state index in [4.69, 9.17) is 0 Å². The van der Waals surface area contributed by atoms with Gasteiger partial charge in [0.2, 0.25) is 5.91 Å². The third-order valence-electron chi connectivity index (χ3n) is 4.14. The number of amides is 1. The number of likely N-dealkylation sites (tertiary alicyclic amines) is 1. The van der Waals surface area contributed by atoms with E-state index in [2.05, 4.69) is 15.6 Å². The van der Waals surface area contributed by atoms with Gasteiger partial charge in [0.15, 0.2) is 0 Å². The summed E-state index contributed by atoms with van der Waals surface area (Å²) in [5.74, 6) is 0.208. The molecule has 1 amide bonds. The molecule has 0 unspecified atom stereocenters. The normalized spacial score (nSPS) is 19.4. The topological polar surface area (TPSA) is 38.1 Å². The van der Waals surface area contributed by atoms with E-state index in [0.29, 0.717) is 0 Å². The van der Waals surface area contributed by atoms with Gasteiger partial charge in [-0.25, -0.2) is 4.98 Å². The van der Waals surface area contributed by atoms with Crippen molar-refractivity contribution in [2.24, 2.45) is 7.05 Å². The van der Waals surface area contributed by atoms with Crippen LogP contribution in [0.15, 0.2) is 47.8 Å². The molecule has 5 heteroatoms. The molecule has 1 saturated heterocycles. The monoisotopic (exact) mass is 315 g/mol. The number of hydrogen-bond donors (Lipinski definition) is 0. The van der Waals surface area contributed by atoms with Gasteiger partial charge in [-0.1, -0.05) is 17.8 Å². The lowest BCUT2D eigenvalue weighted by atomic mass is 10.1. The first-order valence-electron chi connectivity index (χ1n) is 7.66. The van der Waals surface area contributed by atoms with Crippen LogP contribution in [0, 0.1) is 0 Å². The van der Waals surface area contributed by atoms with Crippen molar-refractivity contribution in [2.75, 3.05) is 6.54 Å². The van der Waals surface area contributed by atoms with E-state index >= 15 is 0 Å². The molecule has 1 aliphatic rings. The molecule has 0 aliphatic carbocycles. The van der Waals surface area contributed by atoms with Gasteiger partial charge in [-0.05, 0) is 44.0 Å². The summed E-state index contributed by atoms with van der Waals surface area (Å²) in [5, 5.41) is 0.786. The van der Waals surface area contributed by atoms with E-state index in [-0.39, 0.29) is 17.2 Å². The van der Waals surface area contributed by atoms with Gasteiger partial charge in [-0.3, -0.25) is 4.79 Å². The quantitative estimate of drug-likeness (QED) is 0.813. The Morgan fingerprint density at radius 3 is 2.91 bits per heavy atom. The number of thioether (sulfide) groups is 1. The Morgan fingerprint density at radius 2 is 2.23 bits per heavy atom. The van der Waals surface area contributed by atoms with Crippen molar-refractivity contribution in [3.8, 4) is 0 Å². The SMILES string of the molecule is C[C@H](Sc1ccccn1)C(=O)N1CCC[C@@H]1c1cccn1C. The molecule has 2 aromatic heterocycles. The number of hydrogen-bond acceptors (Lipinski definition) is 3. The highest BCUT2D eigenvalue weighted by Gasteiger charge is 2.33. The van der Waals surface area contributed by atoms with Crippen molar-refractivity contribution >= 4 is 17.7 Å². The molecular formula is C17H21N3OS. The number of aromatic nitrogens is 2. The minimum Gasteiger partial charge on any atom is -0.353 e. The highest BCUT2D eigenvalue weighted by atomic mass is 32.2. The largest absolute Gasteiger partial charge is 0.353 e. The van der Waals surface area contributed by atoms with Crippen molar-refractivity contribution in [3.05, 3.63) is 48.4 Å². The number of carbonyl (C=O) groups excluding carboxylic acids is 1. The molecule has 1 fully saturated rings. The molecule has 3 rings (SSSR count). The minimum atomic E-state index is -0.115. The van der Waals surface area contributed by atoms with E-state index in [1.807, 2.05) is 49.3 Å². The predicted octanol–water partition coefficient (Wildman–Crippen LogP) is 3.26. The first-order valence-corrected chi connectivity index (χ1v) is 8.54. The smallest absolute Gasteiger partial charge is 0.236 e. The van der Waals surface area contributed by atoms with Gasteiger partial charge < -0.3 is 9.47 Å². The summed E-state index contributed by atoms with van der Waals surface area (Å²) in [6.07, 6.45) is 5.93. The predicted molar refractivity (Wildman–Crippen MR) is 88.7 cm³/mol. The number of rotatable bonds is 4. The fraction of sp³-hybridized carbons (Fsp3) is 0.412. The van der Waals surface area contributed by atoms with E-state index in [1.54, 1.807) is 6.20 Å². The van der Waals surface area contributed by atoms with Gasteiger partial charge in [0.25, 0.3) is 0 Å². The Morgan fingerprint density at radius 1 is 1.36 bits per heavy atom. The van der Waals surface area contributed by atoms with Crippen LogP contribution in [0.1, 0.15) is 31.5 Å². The van der Waals surface area contributed by atoms with Crippen LogP contribution in [-0.4, -0.2) is 32.2 Å². The van der Waals surface area contributed by atoms with Crippen LogP contribution in [0.3, 0.4) is 0 Å². The molecular weight excluding hydrogens is 294 g/mol. The van der Waals surface area contributed by atoms with Crippen LogP contribution in [0.5, 0.6) is 0 Å². The summed E-state index contributed by atoms with van der Waals surface area (Å²) in [6.45, 7) is 2.82. The zero-order valence-electron chi connectivity index (χ0n) is 13.0. The average molecular weight is 315 g/mol. The molecule has 0 bridgehead atoms. The maximum absolute atomic E-state index is 12.8. The number of pyridine rings is 1. The van der Waals surface area contributed by atoms with Crippen LogP contribution in [0.2, 0.25) is 0 Å². The van der Waals surface area contributed by atoms with Crippen molar-refractivity contribution in [1.82, 2.24) is 14.5 Å². The number of carbonyl (C=O) groups is 1. The van der Waals surface area contributed by atoms with E-state index in [9.17, 15) is 4.79 Å². The maximum atomic E-state index is 12.8. The van der Waals surface area contributed by atoms with Gasteiger partial charge in [-0.2, -0.15) is 0 Å². The first-order chi connectivity index (χ1) is 10.7. The Hall–Kier alpha value is -1.75. The Bertz CT molecular complexity index is 640. The molecule has 0 aromatic carbocycles. The second-order valence-corrected chi connectivity index (χ2v) is 7.02. The third-order valence-corrected chi connectivity index (χ3v) is 5.18. The fourth-order valence-electron chi connectivity index (χ4n) is 3.04. The van der Waals surface area contributed by atoms with Crippen LogP contribution >= 0.6 is 11.8 Å². The highest BCUT2D eigenvalue weighted by molar-refractivity contribution is 8.00. The van der Waals surface area contributed by atoms with Crippen LogP contribution in [0.25, 0.3) is 0 Å². The lowest BCUT2D eigenvalue weighted by Crippen LogP contribution is -2.36. The summed E-state index contributed by atoms with van der Waals surface area (Å²) in [6, 6.07) is 10.2. The molecule has 0 radical (unpaired) electrons. The summed E-state index contributed by atoms with van der Waals surface area (Å²) in [5.41, 5.74) is 1.22. The standard InChI is InChI=1S/C17H21N3OS/c1-13(22-16-9-3-4-10-18-16)17(21)20-12-6-8-15(20)14-7-5-11-19(14)2/h3-5,7,9-11,13,15H,6,8,12H2,1-2H3/t13-,15+/m0/s1. The van der Waals surface area contributed by atoms with Crippen LogP contribution in [-0.2, 0) is 11.8 Å². The van der Waals surface area contributed by atoms with Gasteiger partial charge in [0.1, 0.15) is 0 Å². The number of nitrogens with zero attached hydrogens (tertiary/aromatic N) is 3. The maximum Gasteiger partial charge on any atom is 0.236 e. The molecule has 2 atom stereocenters. The van der Waals surface area contributed by atoms with Gasteiger partial charge in [-0.15, -0.1) is 0 Å². The van der Waals surface area contributed by atoms with Crippen molar-refractivity contribution in [3.63, 3.8) is 0 Å². The summed E-state index contributed by atoms with van der Waals surface area (Å²) < 4.78 is 2.12. The van der Waals surface area contributed by atoms with Gasteiger partial charge in [0.05, 0.1) is 16.3 Å². The molecule has 22 heavy (non-hydrogen) atoms. The van der Waals surface area contributed by atoms with E-state index in [0.717, 1.165) is 24.4 Å². The molecule has 0 saturated carbocycles. The van der Waals surface area contributed by atoms with Crippen molar-refractivity contribution < 1.29 is 4.79 Å². The molecule has 0 spiro atoms. The Labute approximate surface area is 135 Å². The van der Waals surface area contributed by atoms with Crippen LogP contribution < -0.4 is 0 Å². The third kappa shape index (κ3) is 3.04. The van der Waals surface area contributed by atoms with Gasteiger partial charge >= 0.3 is 0 Å². The molecule has 1 aliphatic heterocycles. The number of aryl methyl sites for hydroxylation is 1. The second kappa shape index (κ2) is 6.57. The molecule has 3 heterocycles. The summed E-state index contributed by atoms with van der Waals surface area (Å²) in [4.78, 5) is 19.2. The van der Waals surface area contributed by atoms with Crippen molar-refractivity contribution in [2.45, 2.75) is 36.1 Å². The molecule has 116 valence electrons. The summed E-state index contributed by atoms with van der Waals surface area (Å²) >= 11 is 1.53. The lowest BCUT2D eigenvalue weighted by Gasteiger charge is -2.27. The zero-order chi connectivity index (χ0) is 15.5. The van der Waals surface area contributed by atoms with Gasteiger partial charge in [0, 0.05) is 31.7 Å². The lowest BCUT2D eigenvalue weighted by molar-refractivity contribution is -0.131. The molecule has 4 nitrogen and oxygen atoms in total. The van der Waals surface area contributed by atoms with E-state index < -0.39 is 0 Å². The van der Waals surface area contributed by atoms with Crippen molar-refractivity contribution in [1.29, 1.82) is 0 Å².